The fourth-order valence-electron chi connectivity index (χ4n) is 3.21. The van der Waals surface area contributed by atoms with Crippen molar-refractivity contribution in [3.05, 3.63) is 77.0 Å². The first kappa shape index (κ1) is 26.8. The standard InChI is InChI=1S/C24H26F2N4O5S/c1-24(2,3)35-22(31)27-13-18(21(25)26)14-30-23(32)29(15-28-30)19-7-5-6-17(12-19)16-8-10-20(11-9-16)36(4,33)34/h5-12,15H,13-14H2,1-4H3,(H,27,31). The summed E-state index contributed by atoms with van der Waals surface area (Å²) in [7, 11) is -3.33. The highest BCUT2D eigenvalue weighted by molar-refractivity contribution is 7.90. The largest absolute Gasteiger partial charge is 0.444 e. The summed E-state index contributed by atoms with van der Waals surface area (Å²) in [5, 5.41) is 6.18. The molecule has 192 valence electrons. The van der Waals surface area contributed by atoms with E-state index in [1.165, 1.54) is 23.0 Å². The molecule has 1 N–H and O–H groups in total. The molecule has 0 fully saturated rings. The lowest BCUT2D eigenvalue weighted by molar-refractivity contribution is 0.0531. The molecular weight excluding hydrogens is 494 g/mol. The van der Waals surface area contributed by atoms with Crippen LogP contribution >= 0.6 is 0 Å². The minimum absolute atomic E-state index is 0.185. The molecule has 1 heterocycles. The van der Waals surface area contributed by atoms with Crippen molar-refractivity contribution in [3.8, 4) is 16.8 Å². The van der Waals surface area contributed by atoms with E-state index >= 15 is 0 Å². The van der Waals surface area contributed by atoms with Gasteiger partial charge in [0.25, 0.3) is 6.08 Å². The van der Waals surface area contributed by atoms with Crippen LogP contribution in [0.15, 0.2) is 76.2 Å². The summed E-state index contributed by atoms with van der Waals surface area (Å²) < 4.78 is 57.4. The van der Waals surface area contributed by atoms with Gasteiger partial charge in [-0.2, -0.15) is 13.9 Å². The van der Waals surface area contributed by atoms with Crippen molar-refractivity contribution in [2.75, 3.05) is 12.8 Å². The molecule has 0 bridgehead atoms. The van der Waals surface area contributed by atoms with Gasteiger partial charge in [0.2, 0.25) is 0 Å². The lowest BCUT2D eigenvalue weighted by Gasteiger charge is -2.19. The summed E-state index contributed by atoms with van der Waals surface area (Å²) >= 11 is 0. The van der Waals surface area contributed by atoms with Crippen LogP contribution in [0.5, 0.6) is 0 Å². The second-order valence-corrected chi connectivity index (χ2v) is 11.0. The fourth-order valence-corrected chi connectivity index (χ4v) is 3.84. The summed E-state index contributed by atoms with van der Waals surface area (Å²) in [6, 6.07) is 13.1. The van der Waals surface area contributed by atoms with Crippen LogP contribution in [0.25, 0.3) is 16.8 Å². The van der Waals surface area contributed by atoms with Crippen molar-refractivity contribution in [2.45, 2.75) is 37.8 Å². The minimum Gasteiger partial charge on any atom is -0.444 e. The molecule has 0 aliphatic heterocycles. The summed E-state index contributed by atoms with van der Waals surface area (Å²) in [6.07, 6.45) is -0.563. The zero-order chi connectivity index (χ0) is 26.7. The molecule has 0 atom stereocenters. The molecule has 2 aromatic carbocycles. The van der Waals surface area contributed by atoms with Crippen LogP contribution in [-0.2, 0) is 21.1 Å². The SMILES string of the molecule is CC(C)(C)OC(=O)NCC(Cn1ncn(-c2cccc(-c3ccc(S(C)(=O)=O)cc3)c2)c1=O)=C(F)F. The number of rotatable bonds is 7. The van der Waals surface area contributed by atoms with Crippen molar-refractivity contribution in [1.29, 1.82) is 0 Å². The van der Waals surface area contributed by atoms with E-state index in [0.717, 1.165) is 16.5 Å². The summed E-state index contributed by atoms with van der Waals surface area (Å²) in [4.78, 5) is 24.9. The van der Waals surface area contributed by atoms with E-state index in [4.69, 9.17) is 4.74 Å². The summed E-state index contributed by atoms with van der Waals surface area (Å²) in [5.74, 6) is 0. The smallest absolute Gasteiger partial charge is 0.407 e. The number of alkyl carbamates (subject to hydrolysis) is 1. The maximum absolute atomic E-state index is 13.5. The van der Waals surface area contributed by atoms with Crippen LogP contribution in [0.1, 0.15) is 20.8 Å². The number of aromatic nitrogens is 3. The van der Waals surface area contributed by atoms with Gasteiger partial charge in [-0.3, -0.25) is 0 Å². The van der Waals surface area contributed by atoms with Gasteiger partial charge < -0.3 is 10.1 Å². The number of ether oxygens (including phenoxy) is 1. The Morgan fingerprint density at radius 1 is 1.08 bits per heavy atom. The Morgan fingerprint density at radius 3 is 2.33 bits per heavy atom. The topological polar surface area (TPSA) is 112 Å². The summed E-state index contributed by atoms with van der Waals surface area (Å²) in [5.41, 5.74) is -0.0632. The molecule has 0 unspecified atom stereocenters. The number of carbonyl (C=O) groups excluding carboxylic acids is 1. The maximum Gasteiger partial charge on any atom is 0.407 e. The van der Waals surface area contributed by atoms with E-state index in [-0.39, 0.29) is 4.90 Å². The van der Waals surface area contributed by atoms with E-state index in [9.17, 15) is 26.8 Å². The molecule has 0 aliphatic carbocycles. The quantitative estimate of drug-likeness (QED) is 0.508. The van der Waals surface area contributed by atoms with Crippen molar-refractivity contribution in [1.82, 2.24) is 19.7 Å². The van der Waals surface area contributed by atoms with E-state index in [1.54, 1.807) is 57.2 Å². The third-order valence-corrected chi connectivity index (χ3v) is 6.05. The lowest BCUT2D eigenvalue weighted by Crippen LogP contribution is -2.35. The third-order valence-electron chi connectivity index (χ3n) is 4.93. The average Bonchev–Trinajstić information content (AvgIpc) is 3.14. The predicted molar refractivity (Wildman–Crippen MR) is 130 cm³/mol. The zero-order valence-electron chi connectivity index (χ0n) is 20.2. The van der Waals surface area contributed by atoms with Crippen molar-refractivity contribution >= 4 is 15.9 Å². The molecular formula is C24H26F2N4O5S. The van der Waals surface area contributed by atoms with Gasteiger partial charge in [-0.25, -0.2) is 27.3 Å². The molecule has 0 saturated carbocycles. The number of benzene rings is 2. The molecule has 0 spiro atoms. The Kier molecular flexibility index (Phi) is 7.77. The Labute approximate surface area is 206 Å². The first-order valence-corrected chi connectivity index (χ1v) is 12.7. The molecule has 1 aromatic heterocycles. The first-order valence-electron chi connectivity index (χ1n) is 10.8. The van der Waals surface area contributed by atoms with E-state index in [0.29, 0.717) is 11.3 Å². The lowest BCUT2D eigenvalue weighted by atomic mass is 10.1. The Balaban J connectivity index is 1.80. The summed E-state index contributed by atoms with van der Waals surface area (Å²) in [6.45, 7) is 3.88. The second kappa shape index (κ2) is 10.4. The molecule has 0 aliphatic rings. The highest BCUT2D eigenvalue weighted by Gasteiger charge is 2.18. The third kappa shape index (κ3) is 6.87. The number of nitrogens with zero attached hydrogens (tertiary/aromatic N) is 3. The van der Waals surface area contributed by atoms with Crippen LogP contribution in [-0.4, -0.2) is 47.3 Å². The van der Waals surface area contributed by atoms with Gasteiger partial charge >= 0.3 is 11.8 Å². The molecule has 36 heavy (non-hydrogen) atoms. The molecule has 3 rings (SSSR count). The number of nitrogens with one attached hydrogen (secondary N) is 1. The van der Waals surface area contributed by atoms with Gasteiger partial charge in [-0.05, 0) is 56.2 Å². The van der Waals surface area contributed by atoms with Crippen LogP contribution in [0.4, 0.5) is 13.6 Å². The Hall–Kier alpha value is -3.80. The predicted octanol–water partition coefficient (Wildman–Crippen LogP) is 3.78. The number of hydrogen-bond acceptors (Lipinski definition) is 6. The van der Waals surface area contributed by atoms with Crippen molar-refractivity contribution in [2.24, 2.45) is 0 Å². The Morgan fingerprint density at radius 2 is 1.75 bits per heavy atom. The highest BCUT2D eigenvalue weighted by atomic mass is 32.2. The fraction of sp³-hybridized carbons (Fsp3) is 0.292. The van der Waals surface area contributed by atoms with Crippen molar-refractivity contribution in [3.63, 3.8) is 0 Å². The van der Waals surface area contributed by atoms with Gasteiger partial charge in [0.15, 0.2) is 9.84 Å². The van der Waals surface area contributed by atoms with Crippen LogP contribution in [0.3, 0.4) is 0 Å². The molecule has 1 amide bonds. The van der Waals surface area contributed by atoms with Gasteiger partial charge in [0.1, 0.15) is 11.9 Å². The average molecular weight is 521 g/mol. The molecule has 12 heteroatoms. The normalized spacial score (nSPS) is 11.7. The van der Waals surface area contributed by atoms with E-state index < -0.39 is 52.0 Å². The number of carbonyl (C=O) groups is 1. The number of sulfone groups is 1. The van der Waals surface area contributed by atoms with Gasteiger partial charge in [0.05, 0.1) is 17.1 Å². The maximum atomic E-state index is 13.5. The van der Waals surface area contributed by atoms with E-state index in [1.807, 2.05) is 0 Å². The number of amides is 1. The zero-order valence-corrected chi connectivity index (χ0v) is 21.0. The number of hydrogen-bond donors (Lipinski definition) is 1. The molecule has 0 radical (unpaired) electrons. The van der Waals surface area contributed by atoms with Crippen LogP contribution in [0.2, 0.25) is 0 Å². The molecule has 9 nitrogen and oxygen atoms in total. The highest BCUT2D eigenvalue weighted by Crippen LogP contribution is 2.23. The van der Waals surface area contributed by atoms with Gasteiger partial charge in [0, 0.05) is 18.4 Å². The van der Waals surface area contributed by atoms with Gasteiger partial charge in [-0.15, -0.1) is 0 Å². The Bertz CT molecular complexity index is 1450. The van der Waals surface area contributed by atoms with E-state index in [2.05, 4.69) is 10.4 Å². The monoisotopic (exact) mass is 520 g/mol. The van der Waals surface area contributed by atoms with Crippen LogP contribution < -0.4 is 11.0 Å². The number of halogens is 2. The first-order chi connectivity index (χ1) is 16.7. The van der Waals surface area contributed by atoms with Crippen molar-refractivity contribution < 1.29 is 26.7 Å². The minimum atomic E-state index is -3.33. The second-order valence-electron chi connectivity index (χ2n) is 9.01. The van der Waals surface area contributed by atoms with Crippen LogP contribution in [0, 0.1) is 0 Å². The van der Waals surface area contributed by atoms with Gasteiger partial charge in [-0.1, -0.05) is 24.3 Å². The molecule has 0 saturated heterocycles. The molecule has 3 aromatic rings.